The first-order valence-electron chi connectivity index (χ1n) is 10.3. The molecule has 0 bridgehead atoms. The topological polar surface area (TPSA) is 87.5 Å². The summed E-state index contributed by atoms with van der Waals surface area (Å²) in [5, 5.41) is 6.25. The number of carbonyl (C=O) groups is 2. The van der Waals surface area contributed by atoms with Crippen LogP contribution in [0.15, 0.2) is 47.4 Å². The second-order valence-corrected chi connectivity index (χ2v) is 9.14. The Kier molecular flexibility index (Phi) is 6.97. The van der Waals surface area contributed by atoms with E-state index >= 15 is 0 Å². The Labute approximate surface area is 191 Å². The molecule has 0 radical (unpaired) electrons. The van der Waals surface area contributed by atoms with Gasteiger partial charge in [0.25, 0.3) is 11.1 Å². The van der Waals surface area contributed by atoms with E-state index in [9.17, 15) is 9.59 Å². The van der Waals surface area contributed by atoms with Crippen LogP contribution in [-0.4, -0.2) is 30.3 Å². The van der Waals surface area contributed by atoms with Gasteiger partial charge in [-0.25, -0.2) is 0 Å². The lowest BCUT2D eigenvalue weighted by molar-refractivity contribution is -0.115. The van der Waals surface area contributed by atoms with Crippen molar-refractivity contribution in [2.24, 2.45) is 5.73 Å². The molecule has 31 heavy (non-hydrogen) atoms. The number of thioether (sulfide) groups is 1. The van der Waals surface area contributed by atoms with E-state index in [1.54, 1.807) is 6.08 Å². The average molecular weight is 457 g/mol. The summed E-state index contributed by atoms with van der Waals surface area (Å²) in [5.74, 6) is -0.361. The Morgan fingerprint density at radius 2 is 1.97 bits per heavy atom. The zero-order valence-corrected chi connectivity index (χ0v) is 18.6. The standard InChI is InChI=1S/C23H25ClN4O2S/c24-19-5-1-3-17(11-20-22(29)27-23(30)31-20)21(19)28-10-2-4-18(14-28)26-13-16-8-6-15(12-25)7-9-16/h1,3,5-9,11,18,26H,2,4,10,12-14,25H2,(H,27,29,30)/b20-11+. The molecular weight excluding hydrogens is 432 g/mol. The van der Waals surface area contributed by atoms with Crippen LogP contribution >= 0.6 is 23.4 Å². The third kappa shape index (κ3) is 5.30. The van der Waals surface area contributed by atoms with Crippen LogP contribution in [0.4, 0.5) is 10.5 Å². The van der Waals surface area contributed by atoms with Gasteiger partial charge in [-0.15, -0.1) is 0 Å². The van der Waals surface area contributed by atoms with Gasteiger partial charge in [-0.2, -0.15) is 0 Å². The molecule has 0 spiro atoms. The Morgan fingerprint density at radius 1 is 1.19 bits per heavy atom. The number of amides is 2. The average Bonchev–Trinajstić information content (AvgIpc) is 3.09. The minimum absolute atomic E-state index is 0.324. The van der Waals surface area contributed by atoms with E-state index in [0.29, 0.717) is 22.5 Å². The SMILES string of the molecule is NCc1ccc(CNC2CCCN(c3c(Cl)cccc3/C=C3/SC(=O)NC3=O)C2)cc1. The van der Waals surface area contributed by atoms with E-state index in [1.807, 2.05) is 18.2 Å². The molecule has 2 aliphatic rings. The minimum atomic E-state index is -0.361. The Bertz CT molecular complexity index is 1010. The van der Waals surface area contributed by atoms with Crippen LogP contribution in [0, 0.1) is 0 Å². The van der Waals surface area contributed by atoms with Crippen molar-refractivity contribution in [3.05, 3.63) is 69.1 Å². The molecule has 2 fully saturated rings. The van der Waals surface area contributed by atoms with Gasteiger partial charge >= 0.3 is 0 Å². The number of hydrogen-bond acceptors (Lipinski definition) is 6. The molecule has 2 aromatic rings. The Hall–Kier alpha value is -2.32. The number of imide groups is 1. The fourth-order valence-electron chi connectivity index (χ4n) is 3.95. The molecule has 6 nitrogen and oxygen atoms in total. The second kappa shape index (κ2) is 9.87. The first-order chi connectivity index (χ1) is 15.0. The Morgan fingerprint density at radius 3 is 2.68 bits per heavy atom. The van der Waals surface area contributed by atoms with E-state index in [-0.39, 0.29) is 11.1 Å². The number of piperidine rings is 1. The van der Waals surface area contributed by atoms with E-state index in [4.69, 9.17) is 17.3 Å². The van der Waals surface area contributed by atoms with E-state index in [2.05, 4.69) is 39.8 Å². The van der Waals surface area contributed by atoms with Crippen LogP contribution in [0.2, 0.25) is 5.02 Å². The summed E-state index contributed by atoms with van der Waals surface area (Å²) in [6, 6.07) is 14.3. The molecule has 2 heterocycles. The van der Waals surface area contributed by atoms with Gasteiger partial charge < -0.3 is 16.0 Å². The van der Waals surface area contributed by atoms with Crippen molar-refractivity contribution in [2.75, 3.05) is 18.0 Å². The molecule has 2 amide bonds. The number of rotatable bonds is 6. The molecule has 1 unspecified atom stereocenters. The summed E-state index contributed by atoms with van der Waals surface area (Å²) in [4.78, 5) is 26.2. The van der Waals surface area contributed by atoms with Gasteiger partial charge in [0.1, 0.15) is 0 Å². The van der Waals surface area contributed by atoms with Crippen molar-refractivity contribution in [1.29, 1.82) is 0 Å². The molecule has 4 N–H and O–H groups in total. The predicted octanol–water partition coefficient (Wildman–Crippen LogP) is 3.88. The highest BCUT2D eigenvalue weighted by Gasteiger charge is 2.27. The zero-order chi connectivity index (χ0) is 21.8. The number of hydrogen-bond donors (Lipinski definition) is 3. The molecule has 1 atom stereocenters. The maximum atomic E-state index is 12.0. The van der Waals surface area contributed by atoms with Crippen molar-refractivity contribution in [1.82, 2.24) is 10.6 Å². The first kappa shape index (κ1) is 21.9. The van der Waals surface area contributed by atoms with Crippen LogP contribution in [0.5, 0.6) is 0 Å². The quantitative estimate of drug-likeness (QED) is 0.572. The van der Waals surface area contributed by atoms with Crippen molar-refractivity contribution >= 4 is 46.3 Å². The van der Waals surface area contributed by atoms with Crippen LogP contribution in [-0.2, 0) is 17.9 Å². The lowest BCUT2D eigenvalue weighted by atomic mass is 10.0. The third-order valence-corrected chi connectivity index (χ3v) is 6.65. The number of halogens is 1. The van der Waals surface area contributed by atoms with Gasteiger partial charge in [0.2, 0.25) is 0 Å². The molecule has 0 aromatic heterocycles. The highest BCUT2D eigenvalue weighted by molar-refractivity contribution is 8.18. The van der Waals surface area contributed by atoms with Gasteiger partial charge in [0.05, 0.1) is 15.6 Å². The summed E-state index contributed by atoms with van der Waals surface area (Å²) in [7, 11) is 0. The maximum absolute atomic E-state index is 12.0. The number of anilines is 1. The molecule has 0 saturated carbocycles. The first-order valence-corrected chi connectivity index (χ1v) is 11.5. The fraction of sp³-hybridized carbons (Fsp3) is 0.304. The van der Waals surface area contributed by atoms with Crippen LogP contribution in [0.3, 0.4) is 0 Å². The third-order valence-electron chi connectivity index (χ3n) is 5.54. The highest BCUT2D eigenvalue weighted by atomic mass is 35.5. The maximum Gasteiger partial charge on any atom is 0.290 e. The zero-order valence-electron chi connectivity index (χ0n) is 17.1. The molecule has 2 aliphatic heterocycles. The molecular formula is C23H25ClN4O2S. The Balaban J connectivity index is 1.48. The van der Waals surface area contributed by atoms with E-state index in [0.717, 1.165) is 61.1 Å². The van der Waals surface area contributed by atoms with Crippen molar-refractivity contribution in [3.8, 4) is 0 Å². The van der Waals surface area contributed by atoms with Crippen LogP contribution in [0.25, 0.3) is 6.08 Å². The van der Waals surface area contributed by atoms with Crippen molar-refractivity contribution in [2.45, 2.75) is 32.0 Å². The largest absolute Gasteiger partial charge is 0.368 e. The molecule has 2 saturated heterocycles. The predicted molar refractivity (Wildman–Crippen MR) is 127 cm³/mol. The highest BCUT2D eigenvalue weighted by Crippen LogP contribution is 2.35. The monoisotopic (exact) mass is 456 g/mol. The lowest BCUT2D eigenvalue weighted by Gasteiger charge is -2.36. The van der Waals surface area contributed by atoms with Gasteiger partial charge in [-0.1, -0.05) is 48.0 Å². The molecule has 0 aliphatic carbocycles. The molecule has 2 aromatic carbocycles. The molecule has 8 heteroatoms. The van der Waals surface area contributed by atoms with Gasteiger partial charge in [0, 0.05) is 37.8 Å². The molecule has 4 rings (SSSR count). The fourth-order valence-corrected chi connectivity index (χ4v) is 4.92. The lowest BCUT2D eigenvalue weighted by Crippen LogP contribution is -2.45. The summed E-state index contributed by atoms with van der Waals surface area (Å²) in [6.07, 6.45) is 3.88. The number of nitrogens with one attached hydrogen (secondary N) is 2. The summed E-state index contributed by atoms with van der Waals surface area (Å²) < 4.78 is 0. The summed E-state index contributed by atoms with van der Waals surface area (Å²) >= 11 is 7.50. The number of nitrogens with two attached hydrogens (primary N) is 1. The minimum Gasteiger partial charge on any atom is -0.368 e. The van der Waals surface area contributed by atoms with E-state index < -0.39 is 0 Å². The van der Waals surface area contributed by atoms with Gasteiger partial charge in [-0.05, 0) is 47.9 Å². The van der Waals surface area contributed by atoms with Crippen LogP contribution < -0.4 is 21.3 Å². The van der Waals surface area contributed by atoms with Crippen molar-refractivity contribution < 1.29 is 9.59 Å². The van der Waals surface area contributed by atoms with Crippen LogP contribution in [0.1, 0.15) is 29.5 Å². The second-order valence-electron chi connectivity index (χ2n) is 7.72. The number of benzene rings is 2. The van der Waals surface area contributed by atoms with Gasteiger partial charge in [-0.3, -0.25) is 14.9 Å². The molecule has 162 valence electrons. The number of nitrogens with zero attached hydrogens (tertiary/aromatic N) is 1. The van der Waals surface area contributed by atoms with E-state index in [1.165, 1.54) is 5.56 Å². The smallest absolute Gasteiger partial charge is 0.290 e. The normalized spacial score (nSPS) is 20.4. The van der Waals surface area contributed by atoms with Crippen molar-refractivity contribution in [3.63, 3.8) is 0 Å². The summed E-state index contributed by atoms with van der Waals surface area (Å²) in [5.41, 5.74) is 9.78. The summed E-state index contributed by atoms with van der Waals surface area (Å²) in [6.45, 7) is 3.05. The number of para-hydroxylation sites is 1. The number of carbonyl (C=O) groups excluding carboxylic acids is 2. The van der Waals surface area contributed by atoms with Gasteiger partial charge in [0.15, 0.2) is 0 Å².